The number of amides is 4. The first-order valence-electron chi connectivity index (χ1n) is 35.4. The van der Waals surface area contributed by atoms with Gasteiger partial charge >= 0.3 is 0 Å². The van der Waals surface area contributed by atoms with E-state index < -0.39 is 353 Å². The van der Waals surface area contributed by atoms with E-state index in [-0.39, 0.29) is 0 Å². The third-order valence-electron chi connectivity index (χ3n) is 20.0. The van der Waals surface area contributed by atoms with Gasteiger partial charge < -0.3 is 225 Å². The van der Waals surface area contributed by atoms with Crippen molar-refractivity contribution >= 4 is 23.6 Å². The number of rotatable bonds is 32. The zero-order valence-electron chi connectivity index (χ0n) is 60.1. The molecule has 8 aliphatic rings. The van der Waals surface area contributed by atoms with E-state index in [4.69, 9.17) is 75.8 Å². The molecule has 0 aliphatic carbocycles. The van der Waals surface area contributed by atoms with Crippen molar-refractivity contribution < 1.29 is 223 Å². The Balaban J connectivity index is 1.14. The summed E-state index contributed by atoms with van der Waals surface area (Å²) in [5.41, 5.74) is 0. The van der Waals surface area contributed by atoms with Crippen molar-refractivity contribution in [2.75, 3.05) is 59.5 Å². The molecule has 44 atom stereocenters. The fourth-order valence-corrected chi connectivity index (χ4v) is 13.9. The van der Waals surface area contributed by atoms with E-state index in [0.717, 1.165) is 27.7 Å². The monoisotopic (exact) mass is 1630 g/mol. The second-order valence-corrected chi connectivity index (χ2v) is 28.0. The van der Waals surface area contributed by atoms with Gasteiger partial charge in [-0.05, 0) is 6.92 Å². The molecule has 8 aliphatic heterocycles. The van der Waals surface area contributed by atoms with Crippen LogP contribution in [0.1, 0.15) is 34.6 Å². The van der Waals surface area contributed by atoms with Gasteiger partial charge in [-0.25, -0.2) is 0 Å². The SMILES string of the molecule is CC(=O)N[C@H]1[C@H](O[C@@H]([C@H](O)[C@H](CO)NC(C)=O)[C@H](O)CO[C@@H]2O[C@@H](C)[C@@H](O)[C@@H](O)[C@@H]2O)O[C@H](CO)[C@@H](O[C@@H]2O[C@H](CO[C@H]3O[C@H](CO)[C@@H](O)[C@H](O)[C@@H]3O[C@@H]3O[C@H](CO)[C@@H](O[C@@H]4O[C@H](CO)[C@H](O)[C@H](O)[C@H]4O)[C@H](O)[C@H]3NC(C)=O)[C@@H](O)[C@H](O[C@H]3O[C@H](CO)[C@@H](O)[C@H](O)[C@@H]3OC3O[C@H](CO)[C@@H](O)[C@H](O)[C@H]3NC(C)=O)[C@@H]2O)[C@@H]1O. The van der Waals surface area contributed by atoms with Crippen LogP contribution < -0.4 is 21.3 Å². The Morgan fingerprint density at radius 2 is 0.703 bits per heavy atom. The minimum absolute atomic E-state index is 0.852. The molecule has 8 rings (SSSR count). The third-order valence-corrected chi connectivity index (χ3v) is 20.0. The lowest BCUT2D eigenvalue weighted by molar-refractivity contribution is -0.396. The summed E-state index contributed by atoms with van der Waals surface area (Å²) in [7, 11) is 0. The quantitative estimate of drug-likeness (QED) is 0.0297. The summed E-state index contributed by atoms with van der Waals surface area (Å²) in [4.78, 5) is 50.8. The summed E-state index contributed by atoms with van der Waals surface area (Å²) in [6.45, 7) is -4.83. The van der Waals surface area contributed by atoms with Gasteiger partial charge in [-0.3, -0.25) is 19.2 Å². The molecule has 1 unspecified atom stereocenters. The summed E-state index contributed by atoms with van der Waals surface area (Å²) in [5.74, 6) is -3.67. The standard InChI is InChI=1S/C62H106N4O45/c1-15-32(79)42(89)46(93)58(98-15)96-13-21(78)49(33(80)20(6-67)63-16(2)74)106-56-30(65-18(4)76)40(87)51(27(12-73)103-56)108-60-48(95)52(109-62-54(45(92)37(84)25(10-71)102-62)111-55-29(64-17(3)75)39(86)34(81)22(7-68)99-55)38(85)28(105-60)14-97-61-53(44(91)36(83)24(9-70)101-61)110-57-31(66-19(5)77)41(88)50(26(11-72)104-57)107-59-47(94)43(90)35(82)23(8-69)100-59/h15,20-62,67-73,78-95H,6-14H2,1-5H3,(H,63,74)(H,64,75)(H,65,76)(H,66,77)/t15-,20-,21+,22+,23+,24+,25+,26+,27+,28+,29+,30+,31+,32+,33+,34+,35-,36+,37+,38+,39+,40+,41+,42+,43-,44-,45-,46-,47+,48-,49+,50+,51+,52-,53-,54-,55?,56-,57-,58+,59-,60-,61-,62+/m0/s1. The van der Waals surface area contributed by atoms with Gasteiger partial charge in [0.15, 0.2) is 50.3 Å². The predicted octanol–water partition coefficient (Wildman–Crippen LogP) is -19.4. The van der Waals surface area contributed by atoms with Crippen LogP contribution >= 0.6 is 0 Å². The normalized spacial score (nSPS) is 46.3. The number of hydrogen-bond acceptors (Lipinski definition) is 45. The number of ether oxygens (including phenoxy) is 16. The lowest BCUT2D eigenvalue weighted by Gasteiger charge is -2.50. The van der Waals surface area contributed by atoms with Crippen molar-refractivity contribution in [1.29, 1.82) is 0 Å². The molecule has 0 aromatic heterocycles. The molecule has 0 saturated carbocycles. The highest BCUT2D eigenvalue weighted by Gasteiger charge is 2.60. The first-order chi connectivity index (χ1) is 52.4. The van der Waals surface area contributed by atoms with Crippen LogP contribution in [0.3, 0.4) is 0 Å². The lowest BCUT2D eigenvalue weighted by Crippen LogP contribution is -2.70. The zero-order valence-corrected chi connectivity index (χ0v) is 60.1. The Labute approximate surface area is 629 Å². The highest BCUT2D eigenvalue weighted by molar-refractivity contribution is 5.74. The van der Waals surface area contributed by atoms with Crippen LogP contribution in [-0.2, 0) is 95.0 Å². The smallest absolute Gasteiger partial charge is 0.217 e. The topological polar surface area (TPSA) is 770 Å². The van der Waals surface area contributed by atoms with Gasteiger partial charge in [0.25, 0.3) is 0 Å². The maximum Gasteiger partial charge on any atom is 0.217 e. The third kappa shape index (κ3) is 21.4. The van der Waals surface area contributed by atoms with Crippen LogP contribution in [0.15, 0.2) is 0 Å². The minimum Gasteiger partial charge on any atom is -0.394 e. The van der Waals surface area contributed by atoms with E-state index in [1.165, 1.54) is 6.92 Å². The Bertz CT molecular complexity index is 2900. The maximum atomic E-state index is 13.1. The van der Waals surface area contributed by atoms with Crippen LogP contribution in [0.5, 0.6) is 0 Å². The Hall–Kier alpha value is -3.76. The van der Waals surface area contributed by atoms with E-state index in [1.807, 2.05) is 0 Å². The first-order valence-corrected chi connectivity index (χ1v) is 35.4. The number of nitrogens with one attached hydrogen (secondary N) is 4. The van der Waals surface area contributed by atoms with Gasteiger partial charge in [-0.15, -0.1) is 0 Å². The average Bonchev–Trinajstić information content (AvgIpc) is 0.767. The summed E-state index contributed by atoms with van der Waals surface area (Å²) < 4.78 is 94.4. The molecule has 0 radical (unpaired) electrons. The minimum atomic E-state index is -2.57. The summed E-state index contributed by atoms with van der Waals surface area (Å²) in [5, 5.41) is 286. The number of aliphatic hydroxyl groups is 25. The first kappa shape index (κ1) is 92.7. The fourth-order valence-electron chi connectivity index (χ4n) is 13.9. The number of carbonyl (C=O) groups is 4. The molecular formula is C62H106N4O45. The largest absolute Gasteiger partial charge is 0.394 e. The number of carbonyl (C=O) groups excluding carboxylic acids is 4. The molecule has 8 heterocycles. The second kappa shape index (κ2) is 41.1. The van der Waals surface area contributed by atoms with Gasteiger partial charge in [-0.1, -0.05) is 0 Å². The Morgan fingerprint density at radius 1 is 0.333 bits per heavy atom. The van der Waals surface area contributed by atoms with Gasteiger partial charge in [0.05, 0.1) is 71.6 Å². The van der Waals surface area contributed by atoms with Gasteiger partial charge in [0.1, 0.15) is 207 Å². The Morgan fingerprint density at radius 3 is 1.18 bits per heavy atom. The lowest BCUT2D eigenvalue weighted by atomic mass is 9.94. The predicted molar refractivity (Wildman–Crippen MR) is 344 cm³/mol. The van der Waals surface area contributed by atoms with E-state index in [0.29, 0.717) is 0 Å². The number of aliphatic hydroxyl groups excluding tert-OH is 25. The summed E-state index contributed by atoms with van der Waals surface area (Å²) >= 11 is 0. The van der Waals surface area contributed by atoms with Gasteiger partial charge in [-0.2, -0.15) is 0 Å². The summed E-state index contributed by atoms with van der Waals surface area (Å²) in [6, 6.07) is -7.47. The highest BCUT2D eigenvalue weighted by Crippen LogP contribution is 2.39. The molecule has 0 spiro atoms. The second-order valence-electron chi connectivity index (χ2n) is 28.0. The fraction of sp³-hybridized carbons (Fsp3) is 0.935. The maximum absolute atomic E-state index is 13.1. The number of hydrogen-bond donors (Lipinski definition) is 29. The zero-order chi connectivity index (χ0) is 82.2. The molecule has 8 saturated heterocycles. The molecule has 49 heteroatoms. The van der Waals surface area contributed by atoms with Crippen LogP contribution in [0, 0.1) is 0 Å². The highest BCUT2D eigenvalue weighted by atomic mass is 16.8. The van der Waals surface area contributed by atoms with Crippen molar-refractivity contribution in [2.45, 2.75) is 304 Å². The molecule has 29 N–H and O–H groups in total. The van der Waals surface area contributed by atoms with Gasteiger partial charge in [0.2, 0.25) is 23.6 Å². The van der Waals surface area contributed by atoms with Crippen molar-refractivity contribution in [3.63, 3.8) is 0 Å². The molecule has 8 fully saturated rings. The average molecular weight is 1630 g/mol. The Kier molecular flexibility index (Phi) is 34.3. The van der Waals surface area contributed by atoms with E-state index in [2.05, 4.69) is 21.3 Å². The molecular weight excluding hydrogens is 1520 g/mol. The molecule has 111 heavy (non-hydrogen) atoms. The molecule has 0 aromatic rings. The van der Waals surface area contributed by atoms with E-state index in [9.17, 15) is 147 Å². The van der Waals surface area contributed by atoms with Crippen LogP contribution in [-0.4, -0.2) is 481 Å². The van der Waals surface area contributed by atoms with Crippen molar-refractivity contribution in [2.24, 2.45) is 0 Å². The molecule has 0 aromatic carbocycles. The van der Waals surface area contributed by atoms with Crippen molar-refractivity contribution in [3.8, 4) is 0 Å². The summed E-state index contributed by atoms with van der Waals surface area (Å²) in [6.07, 6.45) is -82.8. The van der Waals surface area contributed by atoms with Crippen LogP contribution in [0.4, 0.5) is 0 Å². The molecule has 0 bridgehead atoms. The van der Waals surface area contributed by atoms with Gasteiger partial charge in [0, 0.05) is 27.7 Å². The van der Waals surface area contributed by atoms with Crippen molar-refractivity contribution in [1.82, 2.24) is 21.3 Å². The van der Waals surface area contributed by atoms with E-state index >= 15 is 0 Å². The van der Waals surface area contributed by atoms with E-state index in [1.54, 1.807) is 0 Å². The van der Waals surface area contributed by atoms with Crippen LogP contribution in [0.25, 0.3) is 0 Å². The molecule has 49 nitrogen and oxygen atoms in total. The van der Waals surface area contributed by atoms with Crippen LogP contribution in [0.2, 0.25) is 0 Å². The van der Waals surface area contributed by atoms with Crippen molar-refractivity contribution in [3.05, 3.63) is 0 Å². The molecule has 644 valence electrons. The molecule has 4 amide bonds.